The Labute approximate surface area is 191 Å². The summed E-state index contributed by atoms with van der Waals surface area (Å²) in [5, 5.41) is 30.5. The highest BCUT2D eigenvalue weighted by Crippen LogP contribution is 2.38. The largest absolute Gasteiger partial charge is 0.508 e. The van der Waals surface area contributed by atoms with E-state index in [-0.39, 0.29) is 28.2 Å². The number of sulfonamides is 1. The molecule has 0 saturated heterocycles. The Kier molecular flexibility index (Phi) is 11.0. The third-order valence-electron chi connectivity index (χ3n) is 5.18. The number of carboxylic acid groups (broad SMARTS) is 1. The molecule has 0 radical (unpaired) electrons. The van der Waals surface area contributed by atoms with Gasteiger partial charge in [-0.1, -0.05) is 43.1 Å². The molecule has 1 unspecified atom stereocenters. The maximum atomic E-state index is 13.0. The summed E-state index contributed by atoms with van der Waals surface area (Å²) in [6, 6.07) is 0.00853. The molecule has 0 aliphatic rings. The number of benzene rings is 1. The van der Waals surface area contributed by atoms with Crippen molar-refractivity contribution in [2.75, 3.05) is 0 Å². The van der Waals surface area contributed by atoms with Gasteiger partial charge >= 0.3 is 5.97 Å². The van der Waals surface area contributed by atoms with Crippen LogP contribution in [0.5, 0.6) is 11.5 Å². The second kappa shape index (κ2) is 12.6. The molecule has 0 aliphatic heterocycles. The SMILES string of the molecule is CCCCCc1cc(O)c(CC=C(C)CCC=C(C)C)c(O)c1S(=O)(=O)NC(C)C(=O)O. The third kappa shape index (κ3) is 8.31. The number of allylic oxidation sites excluding steroid dienone is 4. The van der Waals surface area contributed by atoms with Crippen molar-refractivity contribution in [3.8, 4) is 11.5 Å². The standard InChI is InChI=1S/C24H37NO6S/c1-6-7-8-12-19-15-21(26)20(14-13-17(4)11-9-10-16(2)3)22(27)23(19)32(30,31)25-18(5)24(28)29/h10,13,15,18,25-27H,6-9,11-12,14H2,1-5H3,(H,28,29). The summed E-state index contributed by atoms with van der Waals surface area (Å²) in [4.78, 5) is 10.8. The third-order valence-corrected chi connectivity index (χ3v) is 6.84. The highest BCUT2D eigenvalue weighted by molar-refractivity contribution is 7.89. The smallest absolute Gasteiger partial charge is 0.321 e. The van der Waals surface area contributed by atoms with Gasteiger partial charge in [0.1, 0.15) is 22.4 Å². The van der Waals surface area contributed by atoms with Crippen molar-refractivity contribution in [2.45, 2.75) is 90.5 Å². The Bertz CT molecular complexity index is 959. The van der Waals surface area contributed by atoms with Gasteiger partial charge in [-0.05, 0) is 71.4 Å². The summed E-state index contributed by atoms with van der Waals surface area (Å²) < 4.78 is 28.1. The van der Waals surface area contributed by atoms with E-state index in [1.165, 1.54) is 18.6 Å². The molecule has 0 spiro atoms. The van der Waals surface area contributed by atoms with Gasteiger partial charge in [0.05, 0.1) is 0 Å². The molecule has 0 amide bonds. The molecular formula is C24H37NO6S. The van der Waals surface area contributed by atoms with Gasteiger partial charge in [-0.25, -0.2) is 8.42 Å². The lowest BCUT2D eigenvalue weighted by Crippen LogP contribution is -2.38. The number of carboxylic acids is 1. The van der Waals surface area contributed by atoms with Crippen molar-refractivity contribution in [3.63, 3.8) is 0 Å². The van der Waals surface area contributed by atoms with E-state index >= 15 is 0 Å². The molecule has 4 N–H and O–H groups in total. The molecule has 8 heteroatoms. The molecule has 0 heterocycles. The summed E-state index contributed by atoms with van der Waals surface area (Å²) in [7, 11) is -4.32. The number of carbonyl (C=O) groups is 1. The average molecular weight is 468 g/mol. The van der Waals surface area contributed by atoms with Crippen LogP contribution in [-0.4, -0.2) is 35.7 Å². The van der Waals surface area contributed by atoms with Crippen LogP contribution in [-0.2, 0) is 27.7 Å². The maximum Gasteiger partial charge on any atom is 0.321 e. The normalized spacial score (nSPS) is 13.1. The summed E-state index contributed by atoms with van der Waals surface area (Å²) in [5.74, 6) is -2.03. The molecule has 0 saturated carbocycles. The number of hydrogen-bond acceptors (Lipinski definition) is 5. The average Bonchev–Trinajstić information content (AvgIpc) is 2.66. The van der Waals surface area contributed by atoms with Crippen LogP contribution in [0.3, 0.4) is 0 Å². The van der Waals surface area contributed by atoms with Gasteiger partial charge in [-0.15, -0.1) is 0 Å². The number of aromatic hydroxyl groups is 2. The predicted molar refractivity (Wildman–Crippen MR) is 127 cm³/mol. The lowest BCUT2D eigenvalue weighted by atomic mass is 10.00. The summed E-state index contributed by atoms with van der Waals surface area (Å²) >= 11 is 0. The number of phenols is 2. The van der Waals surface area contributed by atoms with Gasteiger partial charge in [-0.2, -0.15) is 4.72 Å². The summed E-state index contributed by atoms with van der Waals surface area (Å²) in [6.07, 6.45) is 8.61. The molecule has 1 rings (SSSR count). The van der Waals surface area contributed by atoms with E-state index in [4.69, 9.17) is 5.11 Å². The molecule has 0 fully saturated rings. The lowest BCUT2D eigenvalue weighted by Gasteiger charge is -2.18. The number of nitrogens with one attached hydrogen (secondary N) is 1. The zero-order valence-corrected chi connectivity index (χ0v) is 20.6. The van der Waals surface area contributed by atoms with E-state index < -0.39 is 27.8 Å². The molecular weight excluding hydrogens is 430 g/mol. The Morgan fingerprint density at radius 2 is 1.81 bits per heavy atom. The van der Waals surface area contributed by atoms with Gasteiger partial charge in [-0.3, -0.25) is 4.79 Å². The second-order valence-corrected chi connectivity index (χ2v) is 10.1. The van der Waals surface area contributed by atoms with Crippen molar-refractivity contribution in [1.82, 2.24) is 4.72 Å². The van der Waals surface area contributed by atoms with E-state index in [1.807, 2.05) is 33.8 Å². The van der Waals surface area contributed by atoms with Crippen LogP contribution in [0.1, 0.15) is 77.8 Å². The van der Waals surface area contributed by atoms with Crippen molar-refractivity contribution < 1.29 is 28.5 Å². The van der Waals surface area contributed by atoms with E-state index in [0.717, 1.165) is 31.3 Å². The van der Waals surface area contributed by atoms with Crippen molar-refractivity contribution in [3.05, 3.63) is 40.5 Å². The fraction of sp³-hybridized carbons (Fsp3) is 0.542. The summed E-state index contributed by atoms with van der Waals surface area (Å²) in [5.41, 5.74) is 2.65. The van der Waals surface area contributed by atoms with E-state index in [9.17, 15) is 23.4 Å². The van der Waals surface area contributed by atoms with Crippen molar-refractivity contribution >= 4 is 16.0 Å². The van der Waals surface area contributed by atoms with Crippen LogP contribution in [0.15, 0.2) is 34.3 Å². The Balaban J connectivity index is 3.38. The molecule has 1 aromatic rings. The molecule has 1 atom stereocenters. The highest BCUT2D eigenvalue weighted by atomic mass is 32.2. The first kappa shape index (κ1) is 27.7. The Morgan fingerprint density at radius 1 is 1.16 bits per heavy atom. The second-order valence-electron chi connectivity index (χ2n) is 8.42. The van der Waals surface area contributed by atoms with Crippen molar-refractivity contribution in [2.24, 2.45) is 0 Å². The highest BCUT2D eigenvalue weighted by Gasteiger charge is 2.29. The first-order valence-corrected chi connectivity index (χ1v) is 12.5. The van der Waals surface area contributed by atoms with Crippen LogP contribution < -0.4 is 4.72 Å². The lowest BCUT2D eigenvalue weighted by molar-refractivity contribution is -0.138. The fourth-order valence-electron chi connectivity index (χ4n) is 3.29. The van der Waals surface area contributed by atoms with Crippen LogP contribution >= 0.6 is 0 Å². The minimum absolute atomic E-state index is 0.106. The molecule has 1 aromatic carbocycles. The maximum absolute atomic E-state index is 13.0. The van der Waals surface area contributed by atoms with Gasteiger partial charge in [0, 0.05) is 5.56 Å². The molecule has 32 heavy (non-hydrogen) atoms. The van der Waals surface area contributed by atoms with E-state index in [2.05, 4.69) is 10.8 Å². The number of aryl methyl sites for hydroxylation is 1. The number of phenolic OH excluding ortho intramolecular Hbond substituents is 2. The summed E-state index contributed by atoms with van der Waals surface area (Å²) in [6.45, 7) is 9.22. The zero-order chi connectivity index (χ0) is 24.5. The van der Waals surface area contributed by atoms with Crippen LogP contribution in [0.4, 0.5) is 0 Å². The van der Waals surface area contributed by atoms with Gasteiger partial charge in [0.25, 0.3) is 0 Å². The minimum atomic E-state index is -4.32. The van der Waals surface area contributed by atoms with Crippen LogP contribution in [0.2, 0.25) is 0 Å². The zero-order valence-electron chi connectivity index (χ0n) is 19.7. The Hall–Kier alpha value is -2.32. The number of aliphatic carboxylic acids is 1. The first-order valence-electron chi connectivity index (χ1n) is 11.0. The molecule has 0 bridgehead atoms. The molecule has 180 valence electrons. The van der Waals surface area contributed by atoms with Gasteiger partial charge in [0.15, 0.2) is 0 Å². The minimum Gasteiger partial charge on any atom is -0.508 e. The van der Waals surface area contributed by atoms with Gasteiger partial charge < -0.3 is 15.3 Å². The molecule has 7 nitrogen and oxygen atoms in total. The van der Waals surface area contributed by atoms with Crippen LogP contribution in [0.25, 0.3) is 0 Å². The van der Waals surface area contributed by atoms with Crippen LogP contribution in [0, 0.1) is 0 Å². The van der Waals surface area contributed by atoms with Gasteiger partial charge in [0.2, 0.25) is 10.0 Å². The Morgan fingerprint density at radius 3 is 2.38 bits per heavy atom. The number of unbranched alkanes of at least 4 members (excludes halogenated alkanes) is 2. The fourth-order valence-corrected chi connectivity index (χ4v) is 4.86. The quantitative estimate of drug-likeness (QED) is 0.244. The first-order chi connectivity index (χ1) is 14.9. The van der Waals surface area contributed by atoms with E-state index in [1.54, 1.807) is 0 Å². The number of rotatable bonds is 13. The topological polar surface area (TPSA) is 124 Å². The monoisotopic (exact) mass is 467 g/mol. The molecule has 0 aliphatic carbocycles. The number of hydrogen-bond donors (Lipinski definition) is 4. The van der Waals surface area contributed by atoms with E-state index in [0.29, 0.717) is 12.8 Å². The molecule has 0 aromatic heterocycles. The predicted octanol–water partition coefficient (Wildman–Crippen LogP) is 4.82. The van der Waals surface area contributed by atoms with Crippen molar-refractivity contribution in [1.29, 1.82) is 0 Å².